The minimum Gasteiger partial charge on any atom is -0.467 e. The van der Waals surface area contributed by atoms with E-state index in [0.29, 0.717) is 17.9 Å². The zero-order valence-corrected chi connectivity index (χ0v) is 11.1. The topological polar surface area (TPSA) is 50.4 Å². The third-order valence-electron chi connectivity index (χ3n) is 3.26. The Labute approximate surface area is 112 Å². The molecule has 1 heterocycles. The lowest BCUT2D eigenvalue weighted by atomic mass is 9.88. The molecule has 1 fully saturated rings. The van der Waals surface area contributed by atoms with Crippen LogP contribution in [0.5, 0.6) is 0 Å². The molecular weight excluding hydrogens is 252 g/mol. The Morgan fingerprint density at radius 3 is 2.50 bits per heavy atom. The summed E-state index contributed by atoms with van der Waals surface area (Å²) < 4.78 is 4.93. The fraction of sp³-hybridized carbons (Fsp3) is 0.462. The number of hydrogen-bond donors (Lipinski definition) is 2. The van der Waals surface area contributed by atoms with Crippen LogP contribution in [0.4, 0.5) is 5.69 Å². The lowest BCUT2D eigenvalue weighted by Gasteiger charge is -2.36. The van der Waals surface area contributed by atoms with Crippen molar-refractivity contribution in [1.82, 2.24) is 5.32 Å². The smallest absolute Gasteiger partial charge is 0.331 e. The zero-order chi connectivity index (χ0) is 13.0. The second-order valence-electron chi connectivity index (χ2n) is 4.46. The largest absolute Gasteiger partial charge is 0.467 e. The van der Waals surface area contributed by atoms with Gasteiger partial charge in [0.1, 0.15) is 5.54 Å². The molecule has 1 aliphatic rings. The van der Waals surface area contributed by atoms with Gasteiger partial charge in [-0.25, -0.2) is 4.79 Å². The normalized spacial score (nSPS) is 18.1. The van der Waals surface area contributed by atoms with Gasteiger partial charge >= 0.3 is 5.97 Å². The molecule has 2 N–H and O–H groups in total. The molecule has 4 nitrogen and oxygen atoms in total. The van der Waals surface area contributed by atoms with E-state index >= 15 is 0 Å². The van der Waals surface area contributed by atoms with E-state index in [1.165, 1.54) is 7.11 Å². The molecule has 0 aromatic heterocycles. The fourth-order valence-electron chi connectivity index (χ4n) is 2.24. The molecule has 1 aromatic rings. The van der Waals surface area contributed by atoms with Gasteiger partial charge in [-0.2, -0.15) is 0 Å². The summed E-state index contributed by atoms with van der Waals surface area (Å²) in [4.78, 5) is 12.0. The quantitative estimate of drug-likeness (QED) is 0.824. The molecular formula is C13H17ClN2O2. The minimum absolute atomic E-state index is 0.209. The van der Waals surface area contributed by atoms with Crippen LogP contribution in [-0.4, -0.2) is 31.7 Å². The first kappa shape index (κ1) is 13.2. The highest BCUT2D eigenvalue weighted by atomic mass is 35.5. The summed E-state index contributed by atoms with van der Waals surface area (Å²) in [5.74, 6) is -0.209. The van der Waals surface area contributed by atoms with Gasteiger partial charge in [-0.3, -0.25) is 0 Å². The second-order valence-corrected chi connectivity index (χ2v) is 4.89. The lowest BCUT2D eigenvalue weighted by molar-refractivity contribution is -0.147. The number of methoxy groups -OCH3 is 1. The zero-order valence-electron chi connectivity index (χ0n) is 10.3. The van der Waals surface area contributed by atoms with Crippen LogP contribution in [0.15, 0.2) is 24.3 Å². The Bertz CT molecular complexity index is 414. The van der Waals surface area contributed by atoms with Gasteiger partial charge in [0.15, 0.2) is 0 Å². The number of benzene rings is 1. The molecule has 0 aliphatic carbocycles. The Hall–Kier alpha value is -1.26. The number of piperidine rings is 1. The number of carbonyl (C=O) groups is 1. The Morgan fingerprint density at radius 1 is 1.33 bits per heavy atom. The third-order valence-corrected chi connectivity index (χ3v) is 3.51. The Morgan fingerprint density at radius 2 is 1.94 bits per heavy atom. The van der Waals surface area contributed by atoms with Gasteiger partial charge in [0.25, 0.3) is 0 Å². The van der Waals surface area contributed by atoms with Gasteiger partial charge in [-0.15, -0.1) is 0 Å². The maximum absolute atomic E-state index is 12.0. The summed E-state index contributed by atoms with van der Waals surface area (Å²) >= 11 is 5.85. The van der Waals surface area contributed by atoms with Gasteiger partial charge in [-0.05, 0) is 50.2 Å². The Balaban J connectivity index is 2.19. The van der Waals surface area contributed by atoms with Crippen molar-refractivity contribution in [3.8, 4) is 0 Å². The molecule has 1 saturated heterocycles. The fourth-order valence-corrected chi connectivity index (χ4v) is 2.36. The van der Waals surface area contributed by atoms with Crippen molar-refractivity contribution in [2.75, 3.05) is 25.5 Å². The number of esters is 1. The Kier molecular flexibility index (Phi) is 4.09. The van der Waals surface area contributed by atoms with Crippen LogP contribution >= 0.6 is 11.6 Å². The number of ether oxygens (including phenoxy) is 1. The molecule has 5 heteroatoms. The SMILES string of the molecule is COC(=O)C1(Nc2ccc(Cl)cc2)CCNCC1. The molecule has 1 aliphatic heterocycles. The van der Waals surface area contributed by atoms with Crippen LogP contribution in [0.2, 0.25) is 5.02 Å². The first-order chi connectivity index (χ1) is 8.66. The van der Waals surface area contributed by atoms with E-state index in [9.17, 15) is 4.79 Å². The predicted octanol–water partition coefficient (Wildman–Crippen LogP) is 2.05. The second kappa shape index (κ2) is 5.59. The van der Waals surface area contributed by atoms with E-state index in [4.69, 9.17) is 16.3 Å². The average Bonchev–Trinajstić information content (AvgIpc) is 2.41. The highest BCUT2D eigenvalue weighted by Crippen LogP contribution is 2.26. The first-order valence-corrected chi connectivity index (χ1v) is 6.37. The van der Waals surface area contributed by atoms with Gasteiger partial charge in [0.05, 0.1) is 7.11 Å². The molecule has 1 aromatic carbocycles. The summed E-state index contributed by atoms with van der Waals surface area (Å²) in [6.45, 7) is 1.60. The summed E-state index contributed by atoms with van der Waals surface area (Å²) in [7, 11) is 1.43. The van der Waals surface area contributed by atoms with E-state index < -0.39 is 5.54 Å². The molecule has 0 unspecified atom stereocenters. The molecule has 98 valence electrons. The molecule has 0 bridgehead atoms. The molecule has 0 amide bonds. The van der Waals surface area contributed by atoms with Crippen LogP contribution in [0.3, 0.4) is 0 Å². The van der Waals surface area contributed by atoms with Gasteiger partial charge < -0.3 is 15.4 Å². The standard InChI is InChI=1S/C13H17ClN2O2/c1-18-12(17)13(6-8-15-9-7-13)16-11-4-2-10(14)3-5-11/h2-5,15-16H,6-9H2,1H3. The van der Waals surface area contributed by atoms with Crippen molar-refractivity contribution in [1.29, 1.82) is 0 Å². The van der Waals surface area contributed by atoms with Crippen molar-refractivity contribution in [3.63, 3.8) is 0 Å². The predicted molar refractivity (Wildman–Crippen MR) is 71.9 cm³/mol. The lowest BCUT2D eigenvalue weighted by Crippen LogP contribution is -2.54. The van der Waals surface area contributed by atoms with E-state index in [2.05, 4.69) is 10.6 Å². The number of halogens is 1. The van der Waals surface area contributed by atoms with Gasteiger partial charge in [-0.1, -0.05) is 11.6 Å². The van der Waals surface area contributed by atoms with Crippen molar-refractivity contribution < 1.29 is 9.53 Å². The van der Waals surface area contributed by atoms with Gasteiger partial charge in [0.2, 0.25) is 0 Å². The van der Waals surface area contributed by atoms with Crippen molar-refractivity contribution in [3.05, 3.63) is 29.3 Å². The van der Waals surface area contributed by atoms with Crippen LogP contribution in [0.25, 0.3) is 0 Å². The third kappa shape index (κ3) is 2.76. The summed E-state index contributed by atoms with van der Waals surface area (Å²) in [6, 6.07) is 7.34. The van der Waals surface area contributed by atoms with Crippen molar-refractivity contribution in [2.24, 2.45) is 0 Å². The molecule has 0 radical (unpaired) electrons. The van der Waals surface area contributed by atoms with Crippen LogP contribution in [0, 0.1) is 0 Å². The maximum Gasteiger partial charge on any atom is 0.331 e. The molecule has 2 rings (SSSR count). The molecule has 18 heavy (non-hydrogen) atoms. The summed E-state index contributed by atoms with van der Waals surface area (Å²) in [5.41, 5.74) is 0.250. The average molecular weight is 269 g/mol. The summed E-state index contributed by atoms with van der Waals surface area (Å²) in [5, 5.41) is 7.22. The monoisotopic (exact) mass is 268 g/mol. The number of carbonyl (C=O) groups excluding carboxylic acids is 1. The van der Waals surface area contributed by atoms with E-state index in [0.717, 1.165) is 18.8 Å². The minimum atomic E-state index is -0.631. The van der Waals surface area contributed by atoms with Crippen LogP contribution in [-0.2, 0) is 9.53 Å². The molecule has 0 saturated carbocycles. The number of rotatable bonds is 3. The molecule has 0 spiro atoms. The highest BCUT2D eigenvalue weighted by molar-refractivity contribution is 6.30. The number of anilines is 1. The summed E-state index contributed by atoms with van der Waals surface area (Å²) in [6.07, 6.45) is 1.42. The van der Waals surface area contributed by atoms with Crippen molar-refractivity contribution in [2.45, 2.75) is 18.4 Å². The van der Waals surface area contributed by atoms with E-state index in [-0.39, 0.29) is 5.97 Å². The van der Waals surface area contributed by atoms with Gasteiger partial charge in [0, 0.05) is 10.7 Å². The number of nitrogens with one attached hydrogen (secondary N) is 2. The maximum atomic E-state index is 12.0. The van der Waals surface area contributed by atoms with E-state index in [1.54, 1.807) is 12.1 Å². The van der Waals surface area contributed by atoms with E-state index in [1.807, 2.05) is 12.1 Å². The van der Waals surface area contributed by atoms with Crippen LogP contribution < -0.4 is 10.6 Å². The number of hydrogen-bond acceptors (Lipinski definition) is 4. The first-order valence-electron chi connectivity index (χ1n) is 5.99. The highest BCUT2D eigenvalue weighted by Gasteiger charge is 2.40. The van der Waals surface area contributed by atoms with Crippen LogP contribution in [0.1, 0.15) is 12.8 Å². The van der Waals surface area contributed by atoms with Crippen molar-refractivity contribution >= 4 is 23.3 Å². The molecule has 0 atom stereocenters.